The first-order valence-corrected chi connectivity index (χ1v) is 13.5. The number of nitrogens with zero attached hydrogens (tertiary/aromatic N) is 2. The number of fused-ring (bicyclic) bond motifs is 1. The van der Waals surface area contributed by atoms with Crippen molar-refractivity contribution in [1.82, 2.24) is 14.9 Å². The SMILES string of the molecule is Cc1sc2nc(CSC(C)C(=O)N(Cc3cccs3)Cc3cccs3)[nH]c(=O)c2c1C. The van der Waals surface area contributed by atoms with Gasteiger partial charge in [-0.3, -0.25) is 9.59 Å². The number of hydrogen-bond donors (Lipinski definition) is 1. The number of aromatic nitrogens is 2. The maximum absolute atomic E-state index is 13.3. The molecule has 4 aromatic heterocycles. The molecule has 4 heterocycles. The van der Waals surface area contributed by atoms with Gasteiger partial charge in [0, 0.05) is 14.6 Å². The first-order chi connectivity index (χ1) is 14.9. The van der Waals surface area contributed by atoms with Crippen molar-refractivity contribution in [2.24, 2.45) is 0 Å². The lowest BCUT2D eigenvalue weighted by molar-refractivity contribution is -0.131. The van der Waals surface area contributed by atoms with Crippen LogP contribution in [0.15, 0.2) is 39.8 Å². The second-order valence-electron chi connectivity index (χ2n) is 7.28. The summed E-state index contributed by atoms with van der Waals surface area (Å²) in [5, 5.41) is 4.51. The smallest absolute Gasteiger partial charge is 0.259 e. The van der Waals surface area contributed by atoms with Crippen LogP contribution < -0.4 is 5.56 Å². The van der Waals surface area contributed by atoms with E-state index in [0.29, 0.717) is 30.1 Å². The van der Waals surface area contributed by atoms with Crippen molar-refractivity contribution in [3.05, 3.63) is 71.4 Å². The summed E-state index contributed by atoms with van der Waals surface area (Å²) in [6.45, 7) is 7.10. The van der Waals surface area contributed by atoms with Gasteiger partial charge < -0.3 is 9.88 Å². The molecule has 1 amide bonds. The molecule has 0 aliphatic heterocycles. The minimum atomic E-state index is -0.243. The van der Waals surface area contributed by atoms with E-state index >= 15 is 0 Å². The summed E-state index contributed by atoms with van der Waals surface area (Å²) < 4.78 is 0. The quantitative estimate of drug-likeness (QED) is 0.351. The van der Waals surface area contributed by atoms with Crippen molar-refractivity contribution >= 4 is 61.9 Å². The average Bonchev–Trinajstić information content (AvgIpc) is 3.49. The molecule has 0 spiro atoms. The number of nitrogens with one attached hydrogen (secondary N) is 1. The number of hydrogen-bond acceptors (Lipinski definition) is 7. The maximum Gasteiger partial charge on any atom is 0.259 e. The number of H-pyrrole nitrogens is 1. The fourth-order valence-corrected chi connectivity index (χ4v) is 6.62. The largest absolute Gasteiger partial charge is 0.331 e. The van der Waals surface area contributed by atoms with Crippen molar-refractivity contribution in [3.63, 3.8) is 0 Å². The summed E-state index contributed by atoms with van der Waals surface area (Å²) in [7, 11) is 0. The Bertz CT molecular complexity index is 1190. The number of aromatic amines is 1. The van der Waals surface area contributed by atoms with E-state index in [9.17, 15) is 9.59 Å². The Hall–Kier alpha value is -1.94. The summed E-state index contributed by atoms with van der Waals surface area (Å²) in [6, 6.07) is 8.15. The standard InChI is InChI=1S/C22H23N3O2S4/c1-13-14(2)31-21-19(13)20(26)23-18(24-21)12-30-15(3)22(27)25(10-16-6-4-8-28-16)11-17-7-5-9-29-17/h4-9,15H,10-12H2,1-3H3,(H,23,24,26). The van der Waals surface area contributed by atoms with Crippen LogP contribution in [0, 0.1) is 13.8 Å². The Morgan fingerprint density at radius 1 is 1.16 bits per heavy atom. The summed E-state index contributed by atoms with van der Waals surface area (Å²) in [4.78, 5) is 39.4. The van der Waals surface area contributed by atoms with E-state index in [1.807, 2.05) is 48.6 Å². The van der Waals surface area contributed by atoms with Gasteiger partial charge in [0.25, 0.3) is 5.56 Å². The van der Waals surface area contributed by atoms with Crippen LogP contribution in [0.2, 0.25) is 0 Å². The maximum atomic E-state index is 13.3. The van der Waals surface area contributed by atoms with E-state index in [1.165, 1.54) is 21.5 Å². The predicted octanol–water partition coefficient (Wildman–Crippen LogP) is 5.58. The normalized spacial score (nSPS) is 12.4. The molecular weight excluding hydrogens is 467 g/mol. The van der Waals surface area contributed by atoms with Crippen molar-refractivity contribution in [2.45, 2.75) is 44.9 Å². The summed E-state index contributed by atoms with van der Waals surface area (Å²) in [6.07, 6.45) is 0. The Morgan fingerprint density at radius 3 is 2.39 bits per heavy atom. The second kappa shape index (κ2) is 9.68. The number of carbonyl (C=O) groups excluding carboxylic acids is 1. The third kappa shape index (κ3) is 5.11. The lowest BCUT2D eigenvalue weighted by Gasteiger charge is -2.24. The Labute approximate surface area is 197 Å². The fourth-order valence-electron chi connectivity index (χ4n) is 3.29. The minimum Gasteiger partial charge on any atom is -0.331 e. The van der Waals surface area contributed by atoms with Crippen molar-refractivity contribution in [2.75, 3.05) is 0 Å². The van der Waals surface area contributed by atoms with E-state index in [0.717, 1.165) is 15.3 Å². The summed E-state index contributed by atoms with van der Waals surface area (Å²) in [5.41, 5.74) is 0.896. The average molecular weight is 490 g/mol. The molecule has 1 atom stereocenters. The van der Waals surface area contributed by atoms with Gasteiger partial charge in [-0.15, -0.1) is 45.8 Å². The highest BCUT2D eigenvalue weighted by molar-refractivity contribution is 7.99. The van der Waals surface area contributed by atoms with Gasteiger partial charge in [0.1, 0.15) is 10.7 Å². The molecule has 5 nitrogen and oxygen atoms in total. The zero-order chi connectivity index (χ0) is 22.0. The zero-order valence-corrected chi connectivity index (χ0v) is 20.8. The minimum absolute atomic E-state index is 0.0954. The van der Waals surface area contributed by atoms with E-state index in [2.05, 4.69) is 22.1 Å². The number of thiophene rings is 3. The van der Waals surface area contributed by atoms with Gasteiger partial charge in [0.2, 0.25) is 5.91 Å². The third-order valence-corrected chi connectivity index (χ3v) is 9.04. The topological polar surface area (TPSA) is 66.1 Å². The van der Waals surface area contributed by atoms with Crippen LogP contribution in [0.3, 0.4) is 0 Å². The number of thioether (sulfide) groups is 1. The van der Waals surface area contributed by atoms with Crippen molar-refractivity contribution in [1.29, 1.82) is 0 Å². The monoisotopic (exact) mass is 489 g/mol. The highest BCUT2D eigenvalue weighted by Gasteiger charge is 2.23. The molecule has 0 aliphatic carbocycles. The second-order valence-corrected chi connectivity index (χ2v) is 11.9. The van der Waals surface area contributed by atoms with E-state index in [4.69, 9.17) is 0 Å². The molecule has 1 unspecified atom stereocenters. The molecule has 0 fully saturated rings. The molecule has 162 valence electrons. The summed E-state index contributed by atoms with van der Waals surface area (Å²) >= 11 is 6.38. The first-order valence-electron chi connectivity index (χ1n) is 9.86. The van der Waals surface area contributed by atoms with Crippen LogP contribution >= 0.6 is 45.8 Å². The molecule has 31 heavy (non-hydrogen) atoms. The molecule has 4 aromatic rings. The van der Waals surface area contributed by atoms with Gasteiger partial charge in [-0.25, -0.2) is 4.98 Å². The highest BCUT2D eigenvalue weighted by atomic mass is 32.2. The van der Waals surface area contributed by atoms with Gasteiger partial charge in [-0.05, 0) is 49.2 Å². The van der Waals surface area contributed by atoms with Gasteiger partial charge in [-0.2, -0.15) is 0 Å². The molecule has 0 saturated carbocycles. The van der Waals surface area contributed by atoms with Crippen molar-refractivity contribution < 1.29 is 4.79 Å². The molecule has 0 aromatic carbocycles. The number of aryl methyl sites for hydroxylation is 2. The predicted molar refractivity (Wildman–Crippen MR) is 133 cm³/mol. The molecule has 0 saturated heterocycles. The molecule has 4 rings (SSSR count). The molecular formula is C22H23N3O2S4. The van der Waals surface area contributed by atoms with Crippen LogP contribution in [0.4, 0.5) is 0 Å². The van der Waals surface area contributed by atoms with Crippen molar-refractivity contribution in [3.8, 4) is 0 Å². The molecule has 9 heteroatoms. The van der Waals surface area contributed by atoms with E-state index < -0.39 is 0 Å². The van der Waals surface area contributed by atoms with E-state index in [1.54, 1.807) is 34.0 Å². The number of rotatable bonds is 8. The molecule has 0 bridgehead atoms. The Kier molecular flexibility index (Phi) is 6.95. The number of carbonyl (C=O) groups is 1. The van der Waals surface area contributed by atoms with Crippen LogP contribution in [-0.4, -0.2) is 26.0 Å². The highest BCUT2D eigenvalue weighted by Crippen LogP contribution is 2.27. The van der Waals surface area contributed by atoms with Gasteiger partial charge in [0.15, 0.2) is 0 Å². The van der Waals surface area contributed by atoms with Gasteiger partial charge >= 0.3 is 0 Å². The van der Waals surface area contributed by atoms with Gasteiger partial charge in [-0.1, -0.05) is 12.1 Å². The fraction of sp³-hybridized carbons (Fsp3) is 0.318. The van der Waals surface area contributed by atoms with E-state index in [-0.39, 0.29) is 16.7 Å². The molecule has 0 aliphatic rings. The van der Waals surface area contributed by atoms with Crippen LogP contribution in [0.5, 0.6) is 0 Å². The van der Waals surface area contributed by atoms with Crippen LogP contribution in [0.25, 0.3) is 10.2 Å². The summed E-state index contributed by atoms with van der Waals surface area (Å²) in [5.74, 6) is 1.20. The molecule has 1 N–H and O–H groups in total. The first kappa shape index (κ1) is 22.3. The third-order valence-electron chi connectivity index (χ3n) is 5.07. The Morgan fingerprint density at radius 2 is 1.81 bits per heavy atom. The zero-order valence-electron chi connectivity index (χ0n) is 17.5. The van der Waals surface area contributed by atoms with Gasteiger partial charge in [0.05, 0.1) is 29.5 Å². The molecule has 0 radical (unpaired) electrons. The Balaban J connectivity index is 1.46. The number of amides is 1. The van der Waals surface area contributed by atoms with Crippen LogP contribution in [-0.2, 0) is 23.6 Å². The lowest BCUT2D eigenvalue weighted by Crippen LogP contribution is -2.35. The van der Waals surface area contributed by atoms with Crippen LogP contribution in [0.1, 0.15) is 32.9 Å². The lowest BCUT2D eigenvalue weighted by atomic mass is 10.2.